The van der Waals surface area contributed by atoms with Gasteiger partial charge in [-0.05, 0) is 30.7 Å². The predicted octanol–water partition coefficient (Wildman–Crippen LogP) is 2.77. The standard InChI is InChI=1S/C16H18N2O2/c1-11(12-6-4-3-5-7-12)18-16(19)14-10-13(20-2)8-9-15(14)17/h3-11H,17H2,1-2H3,(H,18,19)/t11-/m1/s1. The van der Waals surface area contributed by atoms with E-state index in [2.05, 4.69) is 5.32 Å². The van der Waals surface area contributed by atoms with Crippen LogP contribution in [0.25, 0.3) is 0 Å². The smallest absolute Gasteiger partial charge is 0.253 e. The van der Waals surface area contributed by atoms with E-state index in [1.165, 1.54) is 0 Å². The van der Waals surface area contributed by atoms with Gasteiger partial charge in [-0.25, -0.2) is 0 Å². The maximum Gasteiger partial charge on any atom is 0.253 e. The van der Waals surface area contributed by atoms with E-state index in [0.717, 1.165) is 5.56 Å². The van der Waals surface area contributed by atoms with Crippen molar-refractivity contribution in [3.63, 3.8) is 0 Å². The first kappa shape index (κ1) is 13.9. The van der Waals surface area contributed by atoms with Crippen molar-refractivity contribution in [1.82, 2.24) is 5.32 Å². The first-order valence-corrected chi connectivity index (χ1v) is 6.41. The SMILES string of the molecule is COc1ccc(N)c(C(=O)N[C@H](C)c2ccccc2)c1. The Morgan fingerprint density at radius 3 is 2.55 bits per heavy atom. The van der Waals surface area contributed by atoms with Crippen LogP contribution in [0.3, 0.4) is 0 Å². The number of hydrogen-bond donors (Lipinski definition) is 2. The Labute approximate surface area is 118 Å². The number of amides is 1. The Morgan fingerprint density at radius 1 is 1.20 bits per heavy atom. The fourth-order valence-corrected chi connectivity index (χ4v) is 1.96. The van der Waals surface area contributed by atoms with Crippen LogP contribution in [0.1, 0.15) is 28.9 Å². The van der Waals surface area contributed by atoms with Crippen molar-refractivity contribution in [2.45, 2.75) is 13.0 Å². The van der Waals surface area contributed by atoms with Crippen molar-refractivity contribution < 1.29 is 9.53 Å². The molecule has 0 bridgehead atoms. The molecule has 2 aromatic carbocycles. The van der Waals surface area contributed by atoms with Gasteiger partial charge in [-0.15, -0.1) is 0 Å². The number of carbonyl (C=O) groups is 1. The monoisotopic (exact) mass is 270 g/mol. The molecule has 2 aromatic rings. The summed E-state index contributed by atoms with van der Waals surface area (Å²) in [4.78, 5) is 12.3. The zero-order valence-electron chi connectivity index (χ0n) is 11.6. The minimum atomic E-state index is -0.210. The Hall–Kier alpha value is -2.49. The number of rotatable bonds is 4. The number of nitrogens with two attached hydrogens (primary N) is 1. The van der Waals surface area contributed by atoms with Crippen LogP contribution < -0.4 is 15.8 Å². The molecule has 1 amide bonds. The van der Waals surface area contributed by atoms with E-state index in [0.29, 0.717) is 17.0 Å². The number of anilines is 1. The van der Waals surface area contributed by atoms with Gasteiger partial charge in [0.25, 0.3) is 5.91 Å². The van der Waals surface area contributed by atoms with E-state index in [1.807, 2.05) is 37.3 Å². The molecule has 4 nitrogen and oxygen atoms in total. The maximum absolute atomic E-state index is 12.3. The van der Waals surface area contributed by atoms with E-state index in [1.54, 1.807) is 25.3 Å². The minimum absolute atomic E-state index is 0.0886. The lowest BCUT2D eigenvalue weighted by Gasteiger charge is -2.15. The molecule has 1 atom stereocenters. The molecule has 3 N–H and O–H groups in total. The summed E-state index contributed by atoms with van der Waals surface area (Å²) in [5, 5.41) is 2.93. The Bertz CT molecular complexity index is 597. The van der Waals surface area contributed by atoms with Gasteiger partial charge in [0.2, 0.25) is 0 Å². The lowest BCUT2D eigenvalue weighted by molar-refractivity contribution is 0.0940. The molecule has 0 radical (unpaired) electrons. The summed E-state index contributed by atoms with van der Waals surface area (Å²) in [6.45, 7) is 1.93. The van der Waals surface area contributed by atoms with Crippen LogP contribution in [0.2, 0.25) is 0 Å². The van der Waals surface area contributed by atoms with Gasteiger partial charge >= 0.3 is 0 Å². The predicted molar refractivity (Wildman–Crippen MR) is 79.7 cm³/mol. The Kier molecular flexibility index (Phi) is 4.25. The van der Waals surface area contributed by atoms with Crippen molar-refractivity contribution in [3.8, 4) is 5.75 Å². The molecule has 0 aliphatic heterocycles. The van der Waals surface area contributed by atoms with E-state index >= 15 is 0 Å². The number of hydrogen-bond acceptors (Lipinski definition) is 3. The molecule has 20 heavy (non-hydrogen) atoms. The summed E-state index contributed by atoms with van der Waals surface area (Å²) in [7, 11) is 1.56. The van der Waals surface area contributed by atoms with Gasteiger partial charge in [0.05, 0.1) is 18.7 Å². The molecule has 2 rings (SSSR count). The molecule has 0 aliphatic rings. The van der Waals surface area contributed by atoms with E-state index in [4.69, 9.17) is 10.5 Å². The molecule has 0 aromatic heterocycles. The fourth-order valence-electron chi connectivity index (χ4n) is 1.96. The summed E-state index contributed by atoms with van der Waals surface area (Å²) < 4.78 is 5.11. The number of ether oxygens (including phenoxy) is 1. The number of methoxy groups -OCH3 is 1. The van der Waals surface area contributed by atoms with Crippen LogP contribution >= 0.6 is 0 Å². The van der Waals surface area contributed by atoms with E-state index < -0.39 is 0 Å². The van der Waals surface area contributed by atoms with Gasteiger partial charge in [-0.3, -0.25) is 4.79 Å². The third-order valence-corrected chi connectivity index (χ3v) is 3.15. The highest BCUT2D eigenvalue weighted by atomic mass is 16.5. The van der Waals surface area contributed by atoms with Crippen LogP contribution in [0.15, 0.2) is 48.5 Å². The third kappa shape index (κ3) is 3.09. The van der Waals surface area contributed by atoms with Crippen LogP contribution in [0, 0.1) is 0 Å². The summed E-state index contributed by atoms with van der Waals surface area (Å²) in [6.07, 6.45) is 0. The molecular formula is C16H18N2O2. The van der Waals surface area contributed by atoms with Crippen LogP contribution in [-0.2, 0) is 0 Å². The van der Waals surface area contributed by atoms with Gasteiger partial charge in [-0.2, -0.15) is 0 Å². The number of nitrogen functional groups attached to an aromatic ring is 1. The van der Waals surface area contributed by atoms with Crippen molar-refractivity contribution in [2.75, 3.05) is 12.8 Å². The largest absolute Gasteiger partial charge is 0.497 e. The van der Waals surface area contributed by atoms with Crippen LogP contribution in [0.5, 0.6) is 5.75 Å². The molecule has 0 aliphatic carbocycles. The Balaban J connectivity index is 2.16. The first-order chi connectivity index (χ1) is 9.61. The molecule has 4 heteroatoms. The highest BCUT2D eigenvalue weighted by Gasteiger charge is 2.14. The molecule has 0 heterocycles. The molecule has 0 saturated heterocycles. The van der Waals surface area contributed by atoms with Crippen molar-refractivity contribution in [2.24, 2.45) is 0 Å². The summed E-state index contributed by atoms with van der Waals surface area (Å²) >= 11 is 0. The second-order valence-electron chi connectivity index (χ2n) is 4.56. The molecular weight excluding hydrogens is 252 g/mol. The highest BCUT2D eigenvalue weighted by Crippen LogP contribution is 2.20. The highest BCUT2D eigenvalue weighted by molar-refractivity contribution is 5.99. The van der Waals surface area contributed by atoms with Gasteiger partial charge in [0.15, 0.2) is 0 Å². The molecule has 0 unspecified atom stereocenters. The number of nitrogens with one attached hydrogen (secondary N) is 1. The van der Waals surface area contributed by atoms with Gasteiger partial charge in [0.1, 0.15) is 5.75 Å². The topological polar surface area (TPSA) is 64.3 Å². The second-order valence-corrected chi connectivity index (χ2v) is 4.56. The lowest BCUT2D eigenvalue weighted by atomic mass is 10.1. The number of benzene rings is 2. The quantitative estimate of drug-likeness (QED) is 0.840. The summed E-state index contributed by atoms with van der Waals surface area (Å²) in [6, 6.07) is 14.7. The molecule has 0 spiro atoms. The van der Waals surface area contributed by atoms with Gasteiger partial charge < -0.3 is 15.8 Å². The minimum Gasteiger partial charge on any atom is -0.497 e. The first-order valence-electron chi connectivity index (χ1n) is 6.41. The lowest BCUT2D eigenvalue weighted by Crippen LogP contribution is -2.27. The second kappa shape index (κ2) is 6.10. The van der Waals surface area contributed by atoms with Crippen molar-refractivity contribution in [1.29, 1.82) is 0 Å². The normalized spacial score (nSPS) is 11.7. The average Bonchev–Trinajstić information content (AvgIpc) is 2.48. The van der Waals surface area contributed by atoms with Gasteiger partial charge in [0, 0.05) is 5.69 Å². The van der Waals surface area contributed by atoms with Crippen molar-refractivity contribution in [3.05, 3.63) is 59.7 Å². The summed E-state index contributed by atoms with van der Waals surface area (Å²) in [5.41, 5.74) is 7.74. The van der Waals surface area contributed by atoms with Crippen molar-refractivity contribution >= 4 is 11.6 Å². The molecule has 104 valence electrons. The van der Waals surface area contributed by atoms with Crippen LogP contribution in [-0.4, -0.2) is 13.0 Å². The zero-order chi connectivity index (χ0) is 14.5. The maximum atomic E-state index is 12.3. The van der Waals surface area contributed by atoms with Crippen LogP contribution in [0.4, 0.5) is 5.69 Å². The zero-order valence-corrected chi connectivity index (χ0v) is 11.6. The summed E-state index contributed by atoms with van der Waals surface area (Å²) in [5.74, 6) is 0.398. The average molecular weight is 270 g/mol. The molecule has 0 saturated carbocycles. The van der Waals surface area contributed by atoms with Gasteiger partial charge in [-0.1, -0.05) is 30.3 Å². The molecule has 0 fully saturated rings. The van der Waals surface area contributed by atoms with E-state index in [-0.39, 0.29) is 11.9 Å². The number of carbonyl (C=O) groups excluding carboxylic acids is 1. The Morgan fingerprint density at radius 2 is 1.90 bits per heavy atom. The third-order valence-electron chi connectivity index (χ3n) is 3.15. The fraction of sp³-hybridized carbons (Fsp3) is 0.188. The van der Waals surface area contributed by atoms with E-state index in [9.17, 15) is 4.79 Å².